The number of benzene rings is 9. The lowest BCUT2D eigenvalue weighted by atomic mass is 9.74. The second-order valence-electron chi connectivity index (χ2n) is 19.2. The highest BCUT2D eigenvalue weighted by Gasteiger charge is 2.48. The Kier molecular flexibility index (Phi) is 9.09. The van der Waals surface area contributed by atoms with Crippen LogP contribution in [0.2, 0.25) is 0 Å². The zero-order chi connectivity index (χ0) is 45.7. The van der Waals surface area contributed by atoms with Crippen LogP contribution >= 0.6 is 11.3 Å². The van der Waals surface area contributed by atoms with Gasteiger partial charge in [0.25, 0.3) is 0 Å². The van der Waals surface area contributed by atoms with E-state index in [1.807, 2.05) is 11.3 Å². The number of thiophene rings is 1. The van der Waals surface area contributed by atoms with E-state index in [1.54, 1.807) is 0 Å². The van der Waals surface area contributed by atoms with E-state index in [0.717, 1.165) is 61.6 Å². The van der Waals surface area contributed by atoms with Crippen LogP contribution in [0.15, 0.2) is 223 Å². The number of anilines is 6. The van der Waals surface area contributed by atoms with Crippen LogP contribution in [-0.2, 0) is 10.8 Å². The maximum absolute atomic E-state index is 6.79. The van der Waals surface area contributed by atoms with Crippen LogP contribution in [0.25, 0.3) is 65.1 Å². The number of nitrogens with zero attached hydrogens (tertiary/aromatic N) is 2. The predicted molar refractivity (Wildman–Crippen MR) is 287 cm³/mol. The van der Waals surface area contributed by atoms with Crippen LogP contribution in [0.3, 0.4) is 0 Å². The Morgan fingerprint density at radius 2 is 0.824 bits per heavy atom. The molecule has 0 bridgehead atoms. The predicted octanol–water partition coefficient (Wildman–Crippen LogP) is 18.5. The molecule has 3 nitrogen and oxygen atoms in total. The lowest BCUT2D eigenvalue weighted by molar-refractivity contribution is 0.603. The molecule has 0 radical (unpaired) electrons. The molecule has 0 amide bonds. The van der Waals surface area contributed by atoms with Crippen molar-refractivity contribution in [2.75, 3.05) is 9.80 Å². The Balaban J connectivity index is 0.945. The molecule has 13 rings (SSSR count). The number of fused-ring (bicyclic) bond motifs is 10. The summed E-state index contributed by atoms with van der Waals surface area (Å²) in [7, 11) is 0. The van der Waals surface area contributed by atoms with E-state index in [9.17, 15) is 0 Å². The van der Waals surface area contributed by atoms with Gasteiger partial charge in [-0.05, 0) is 105 Å². The van der Waals surface area contributed by atoms with Gasteiger partial charge in [-0.25, -0.2) is 0 Å². The first kappa shape index (κ1) is 40.4. The van der Waals surface area contributed by atoms with E-state index in [1.165, 1.54) is 59.8 Å². The van der Waals surface area contributed by atoms with Gasteiger partial charge < -0.3 is 14.2 Å². The highest BCUT2D eigenvalue weighted by atomic mass is 32.1. The van der Waals surface area contributed by atoms with Crippen molar-refractivity contribution in [2.45, 2.75) is 38.5 Å². The number of hydrogen-bond donors (Lipinski definition) is 0. The molecule has 4 heteroatoms. The Bertz CT molecular complexity index is 3750. The van der Waals surface area contributed by atoms with Crippen molar-refractivity contribution in [1.29, 1.82) is 0 Å². The van der Waals surface area contributed by atoms with Crippen molar-refractivity contribution in [1.82, 2.24) is 0 Å². The number of hydrogen-bond acceptors (Lipinski definition) is 4. The molecular formula is C64H48N2OS. The van der Waals surface area contributed by atoms with Crippen molar-refractivity contribution < 1.29 is 4.42 Å². The van der Waals surface area contributed by atoms with Gasteiger partial charge in [0.1, 0.15) is 5.58 Å². The van der Waals surface area contributed by atoms with E-state index >= 15 is 0 Å². The second-order valence-corrected chi connectivity index (χ2v) is 20.3. The highest BCUT2D eigenvalue weighted by molar-refractivity contribution is 7.19. The van der Waals surface area contributed by atoms with Gasteiger partial charge in [0.15, 0.2) is 5.58 Å². The molecule has 326 valence electrons. The van der Waals surface area contributed by atoms with Crippen molar-refractivity contribution in [3.63, 3.8) is 0 Å². The van der Waals surface area contributed by atoms with E-state index in [0.29, 0.717) is 0 Å². The minimum absolute atomic E-state index is 0.244. The Morgan fingerprint density at radius 3 is 1.41 bits per heavy atom. The Labute approximate surface area is 401 Å². The Morgan fingerprint density at radius 1 is 0.368 bits per heavy atom. The average Bonchev–Trinajstić information content (AvgIpc) is 4.09. The van der Waals surface area contributed by atoms with Gasteiger partial charge in [-0.1, -0.05) is 185 Å². The summed E-state index contributed by atoms with van der Waals surface area (Å²) in [6.07, 6.45) is 0. The summed E-state index contributed by atoms with van der Waals surface area (Å²) in [5, 5.41) is 2.23. The summed E-state index contributed by atoms with van der Waals surface area (Å²) in [5.74, 6) is 0. The third-order valence-corrected chi connectivity index (χ3v) is 15.9. The SMILES string of the molecule is CC1(C)c2cc(N(c3ccccc3)c3ccccc3-c3ccccc3)ccc2-c2sc3c(c21)C(C)(C)c1cc(N(c2ccccc2-c2ccccc2)c2cccc4c2oc2ccccc24)ccc1-3. The van der Waals surface area contributed by atoms with Gasteiger partial charge in [-0.2, -0.15) is 0 Å². The second kappa shape index (κ2) is 15.3. The van der Waals surface area contributed by atoms with Crippen molar-refractivity contribution in [2.24, 2.45) is 0 Å². The Hall–Kier alpha value is -7.92. The monoisotopic (exact) mass is 892 g/mol. The summed E-state index contributed by atoms with van der Waals surface area (Å²) >= 11 is 1.98. The van der Waals surface area contributed by atoms with E-state index < -0.39 is 0 Å². The molecule has 0 atom stereocenters. The third kappa shape index (κ3) is 6.03. The fraction of sp³-hybridized carbons (Fsp3) is 0.0938. The first-order valence-corrected chi connectivity index (χ1v) is 24.4. The van der Waals surface area contributed by atoms with Crippen LogP contribution in [0.5, 0.6) is 0 Å². The molecule has 0 aliphatic heterocycles. The molecule has 9 aromatic carbocycles. The summed E-state index contributed by atoms with van der Waals surface area (Å²) in [5.41, 5.74) is 20.9. The van der Waals surface area contributed by atoms with Gasteiger partial charge in [0.2, 0.25) is 0 Å². The maximum Gasteiger partial charge on any atom is 0.159 e. The average molecular weight is 893 g/mol. The van der Waals surface area contributed by atoms with Gasteiger partial charge in [-0.15, -0.1) is 11.3 Å². The fourth-order valence-corrected chi connectivity index (χ4v) is 13.1. The van der Waals surface area contributed by atoms with Crippen molar-refractivity contribution in [3.8, 4) is 43.1 Å². The molecule has 11 aromatic rings. The minimum atomic E-state index is -0.270. The van der Waals surface area contributed by atoms with Crippen molar-refractivity contribution >= 4 is 67.4 Å². The van der Waals surface area contributed by atoms with Crippen LogP contribution in [-0.4, -0.2) is 0 Å². The van der Waals surface area contributed by atoms with Gasteiger partial charge in [0.05, 0.1) is 17.1 Å². The first-order valence-electron chi connectivity index (χ1n) is 23.6. The van der Waals surface area contributed by atoms with Crippen molar-refractivity contribution in [3.05, 3.63) is 241 Å². The van der Waals surface area contributed by atoms with E-state index in [-0.39, 0.29) is 10.8 Å². The van der Waals surface area contributed by atoms with Gasteiger partial charge in [-0.3, -0.25) is 0 Å². The molecule has 0 spiro atoms. The number of para-hydroxylation sites is 5. The molecule has 2 aliphatic carbocycles. The summed E-state index contributed by atoms with van der Waals surface area (Å²) in [4.78, 5) is 7.65. The highest BCUT2D eigenvalue weighted by Crippen LogP contribution is 2.64. The summed E-state index contributed by atoms with van der Waals surface area (Å²) in [6.45, 7) is 9.78. The first-order chi connectivity index (χ1) is 33.3. The number of rotatable bonds is 8. The topological polar surface area (TPSA) is 19.6 Å². The lowest BCUT2D eigenvalue weighted by Crippen LogP contribution is -2.23. The van der Waals surface area contributed by atoms with Crippen LogP contribution in [0.4, 0.5) is 34.1 Å². The van der Waals surface area contributed by atoms with Crippen LogP contribution in [0, 0.1) is 0 Å². The van der Waals surface area contributed by atoms with Gasteiger partial charge in [0, 0.05) is 59.5 Å². The molecule has 68 heavy (non-hydrogen) atoms. The molecule has 0 N–H and O–H groups in total. The maximum atomic E-state index is 6.79. The molecular weight excluding hydrogens is 845 g/mol. The molecule has 0 saturated heterocycles. The van der Waals surface area contributed by atoms with Crippen LogP contribution < -0.4 is 9.80 Å². The molecule has 2 heterocycles. The lowest BCUT2D eigenvalue weighted by Gasteiger charge is -2.32. The van der Waals surface area contributed by atoms with E-state index in [2.05, 4.69) is 256 Å². The fourth-order valence-electron chi connectivity index (χ4n) is 11.4. The zero-order valence-electron chi connectivity index (χ0n) is 38.5. The van der Waals surface area contributed by atoms with E-state index in [4.69, 9.17) is 4.42 Å². The van der Waals surface area contributed by atoms with Crippen LogP contribution in [0.1, 0.15) is 49.9 Å². The standard InChI is InChI=1S/C64H48N2OS/c1-63(2)52-39-44(65(43-25-12-7-13-26-43)54-31-17-14-27-46(54)41-21-8-5-9-22-41)35-37-50(52)61-58(63)59-62(68-61)51-38-36-45(40-53(51)64(59,3)4)66(55-32-18-15-28-47(55)42-23-10-6-11-24-42)56-33-20-30-49-48-29-16-19-34-57(48)67-60(49)56/h5-40H,1-4H3. The molecule has 0 fully saturated rings. The third-order valence-electron chi connectivity index (χ3n) is 14.6. The molecule has 2 aromatic heterocycles. The van der Waals surface area contributed by atoms with Gasteiger partial charge >= 0.3 is 0 Å². The largest absolute Gasteiger partial charge is 0.454 e. The molecule has 0 unspecified atom stereocenters. The normalized spacial score (nSPS) is 13.8. The number of furan rings is 1. The molecule has 2 aliphatic rings. The zero-order valence-corrected chi connectivity index (χ0v) is 39.3. The summed E-state index contributed by atoms with van der Waals surface area (Å²) < 4.78 is 6.79. The smallest absolute Gasteiger partial charge is 0.159 e. The molecule has 0 saturated carbocycles. The minimum Gasteiger partial charge on any atom is -0.454 e. The summed E-state index contributed by atoms with van der Waals surface area (Å²) in [6, 6.07) is 79.2. The quantitative estimate of drug-likeness (QED) is 0.152.